The third-order valence-electron chi connectivity index (χ3n) is 3.86. The van der Waals surface area contributed by atoms with E-state index < -0.39 is 14.6 Å². The van der Waals surface area contributed by atoms with Gasteiger partial charge in [0.2, 0.25) is 5.95 Å². The maximum Gasteiger partial charge on any atom is 0.227 e. The summed E-state index contributed by atoms with van der Waals surface area (Å²) in [5.74, 6) is 0.491. The molecule has 1 aliphatic heterocycles. The fraction of sp³-hybridized carbons (Fsp3) is 0.667. The van der Waals surface area contributed by atoms with E-state index in [0.717, 1.165) is 0 Å². The van der Waals surface area contributed by atoms with Crippen LogP contribution >= 0.6 is 11.6 Å². The Kier molecular flexibility index (Phi) is 3.38. The highest BCUT2D eigenvalue weighted by Gasteiger charge is 2.55. The molecule has 0 unspecified atom stereocenters. The van der Waals surface area contributed by atoms with Gasteiger partial charge in [-0.15, -0.1) is 0 Å². The van der Waals surface area contributed by atoms with Crippen LogP contribution in [0.3, 0.4) is 0 Å². The molecule has 2 fully saturated rings. The summed E-state index contributed by atoms with van der Waals surface area (Å²) in [6.07, 6.45) is 2.45. The fourth-order valence-corrected chi connectivity index (χ4v) is 3.98. The van der Waals surface area contributed by atoms with Gasteiger partial charge in [0.25, 0.3) is 0 Å². The molecule has 0 amide bonds. The van der Waals surface area contributed by atoms with E-state index in [9.17, 15) is 8.42 Å². The first-order valence-electron chi connectivity index (χ1n) is 6.50. The minimum absolute atomic E-state index is 0.284. The number of hydrogen-bond donors (Lipinski definition) is 0. The van der Waals surface area contributed by atoms with Gasteiger partial charge in [0, 0.05) is 19.3 Å². The lowest BCUT2D eigenvalue weighted by Gasteiger charge is -2.27. The molecule has 1 aromatic rings. The second-order valence-electron chi connectivity index (χ2n) is 5.24. The first kappa shape index (κ1) is 14.0. The van der Waals surface area contributed by atoms with Crippen LogP contribution in [0.2, 0.25) is 5.15 Å². The van der Waals surface area contributed by atoms with Crippen molar-refractivity contribution in [2.75, 3.05) is 37.5 Å². The molecular formula is C12H16ClN3O3S. The normalized spacial score (nSPS) is 21.8. The molecule has 3 rings (SSSR count). The second-order valence-corrected chi connectivity index (χ2v) is 7.95. The highest BCUT2D eigenvalue weighted by Crippen LogP contribution is 2.52. The molecule has 1 saturated carbocycles. The topological polar surface area (TPSA) is 72.4 Å². The largest absolute Gasteiger partial charge is 0.378 e. The van der Waals surface area contributed by atoms with Crippen LogP contribution in [0, 0.1) is 0 Å². The first-order valence-corrected chi connectivity index (χ1v) is 8.77. The van der Waals surface area contributed by atoms with Gasteiger partial charge in [0.15, 0.2) is 9.84 Å². The Morgan fingerprint density at radius 2 is 1.95 bits per heavy atom. The molecule has 1 saturated heterocycles. The van der Waals surface area contributed by atoms with Crippen LogP contribution in [0.25, 0.3) is 0 Å². The lowest BCUT2D eigenvalue weighted by atomic mass is 10.3. The number of halogens is 1. The SMILES string of the molecule is CS(=O)(=O)C1(c2cc(Cl)nc(N3CCOCC3)n2)CC1. The van der Waals surface area contributed by atoms with Gasteiger partial charge in [-0.05, 0) is 18.9 Å². The lowest BCUT2D eigenvalue weighted by Crippen LogP contribution is -2.37. The summed E-state index contributed by atoms with van der Waals surface area (Å²) in [7, 11) is -3.20. The van der Waals surface area contributed by atoms with Crippen LogP contribution < -0.4 is 4.90 Å². The number of anilines is 1. The van der Waals surface area contributed by atoms with Gasteiger partial charge < -0.3 is 9.64 Å². The van der Waals surface area contributed by atoms with Crippen LogP contribution in [0.4, 0.5) is 5.95 Å². The summed E-state index contributed by atoms with van der Waals surface area (Å²) in [4.78, 5) is 10.6. The van der Waals surface area contributed by atoms with Crippen molar-refractivity contribution in [2.45, 2.75) is 17.6 Å². The average Bonchev–Trinajstić information content (AvgIpc) is 3.20. The average molecular weight is 318 g/mol. The Morgan fingerprint density at radius 3 is 2.50 bits per heavy atom. The number of rotatable bonds is 3. The number of morpholine rings is 1. The molecular weight excluding hydrogens is 302 g/mol. The smallest absolute Gasteiger partial charge is 0.227 e. The van der Waals surface area contributed by atoms with E-state index in [-0.39, 0.29) is 5.15 Å². The van der Waals surface area contributed by atoms with Gasteiger partial charge in [-0.1, -0.05) is 11.6 Å². The monoisotopic (exact) mass is 317 g/mol. The Morgan fingerprint density at radius 1 is 1.30 bits per heavy atom. The molecule has 0 bridgehead atoms. The number of aromatic nitrogens is 2. The zero-order valence-electron chi connectivity index (χ0n) is 11.2. The van der Waals surface area contributed by atoms with Gasteiger partial charge >= 0.3 is 0 Å². The van der Waals surface area contributed by atoms with E-state index in [1.807, 2.05) is 4.90 Å². The van der Waals surface area contributed by atoms with Crippen molar-refractivity contribution >= 4 is 27.4 Å². The van der Waals surface area contributed by atoms with Gasteiger partial charge in [0.1, 0.15) is 9.90 Å². The second kappa shape index (κ2) is 4.82. The van der Waals surface area contributed by atoms with Crippen LogP contribution in [0.1, 0.15) is 18.5 Å². The highest BCUT2D eigenvalue weighted by molar-refractivity contribution is 7.91. The van der Waals surface area contributed by atoms with Crippen molar-refractivity contribution in [2.24, 2.45) is 0 Å². The van der Waals surface area contributed by atoms with E-state index in [4.69, 9.17) is 16.3 Å². The summed E-state index contributed by atoms with van der Waals surface area (Å²) < 4.78 is 28.4. The zero-order chi connectivity index (χ0) is 14.4. The van der Waals surface area contributed by atoms with E-state index in [0.29, 0.717) is 50.8 Å². The Hall–Kier alpha value is -0.920. The molecule has 2 aliphatic rings. The van der Waals surface area contributed by atoms with E-state index in [2.05, 4.69) is 9.97 Å². The highest BCUT2D eigenvalue weighted by atomic mass is 35.5. The van der Waals surface area contributed by atoms with E-state index in [1.54, 1.807) is 6.07 Å². The molecule has 0 spiro atoms. The van der Waals surface area contributed by atoms with Crippen molar-refractivity contribution in [3.8, 4) is 0 Å². The molecule has 110 valence electrons. The summed E-state index contributed by atoms with van der Waals surface area (Å²) in [5.41, 5.74) is 0.515. The van der Waals surface area contributed by atoms with Crippen molar-refractivity contribution in [3.63, 3.8) is 0 Å². The molecule has 8 heteroatoms. The van der Waals surface area contributed by atoms with Gasteiger partial charge in [-0.25, -0.2) is 18.4 Å². The molecule has 0 radical (unpaired) electrons. The van der Waals surface area contributed by atoms with Crippen LogP contribution in [-0.4, -0.2) is 50.9 Å². The predicted molar refractivity (Wildman–Crippen MR) is 75.8 cm³/mol. The number of hydrogen-bond acceptors (Lipinski definition) is 6. The van der Waals surface area contributed by atoms with Crippen molar-refractivity contribution in [3.05, 3.63) is 16.9 Å². The van der Waals surface area contributed by atoms with Crippen molar-refractivity contribution in [1.29, 1.82) is 0 Å². The molecule has 1 aliphatic carbocycles. The van der Waals surface area contributed by atoms with E-state index in [1.165, 1.54) is 6.26 Å². The number of nitrogens with zero attached hydrogens (tertiary/aromatic N) is 3. The van der Waals surface area contributed by atoms with Gasteiger partial charge in [-0.2, -0.15) is 0 Å². The minimum atomic E-state index is -3.20. The molecule has 2 heterocycles. The first-order chi connectivity index (χ1) is 9.42. The Balaban J connectivity index is 1.99. The molecule has 0 aromatic carbocycles. The maximum atomic E-state index is 12.0. The molecule has 1 aromatic heterocycles. The van der Waals surface area contributed by atoms with Crippen molar-refractivity contribution in [1.82, 2.24) is 9.97 Å². The lowest BCUT2D eigenvalue weighted by molar-refractivity contribution is 0.122. The quantitative estimate of drug-likeness (QED) is 0.774. The number of ether oxygens (including phenoxy) is 1. The standard InChI is InChI=1S/C12H16ClN3O3S/c1-20(17,18)12(2-3-12)9-8-10(13)15-11(14-9)16-4-6-19-7-5-16/h8H,2-7H2,1H3. The van der Waals surface area contributed by atoms with Gasteiger partial charge in [-0.3, -0.25) is 0 Å². The molecule has 20 heavy (non-hydrogen) atoms. The molecule has 6 nitrogen and oxygen atoms in total. The Bertz CT molecular complexity index is 625. The minimum Gasteiger partial charge on any atom is -0.378 e. The summed E-state index contributed by atoms with van der Waals surface area (Å²) in [6.45, 7) is 2.60. The Labute approximate surface area is 123 Å². The van der Waals surface area contributed by atoms with Crippen LogP contribution in [0.5, 0.6) is 0 Å². The predicted octanol–water partition coefficient (Wildman–Crippen LogP) is 1.00. The molecule has 0 N–H and O–H groups in total. The van der Waals surface area contributed by atoms with E-state index >= 15 is 0 Å². The van der Waals surface area contributed by atoms with Gasteiger partial charge in [0.05, 0.1) is 18.9 Å². The maximum absolute atomic E-state index is 12.0. The third-order valence-corrected chi connectivity index (χ3v) is 6.09. The summed E-state index contributed by atoms with van der Waals surface area (Å²) in [5, 5.41) is 0.284. The summed E-state index contributed by atoms with van der Waals surface area (Å²) in [6, 6.07) is 1.57. The third kappa shape index (κ3) is 2.38. The van der Waals surface area contributed by atoms with Crippen LogP contribution in [0.15, 0.2) is 6.07 Å². The van der Waals surface area contributed by atoms with Crippen molar-refractivity contribution < 1.29 is 13.2 Å². The number of sulfone groups is 1. The summed E-state index contributed by atoms with van der Waals surface area (Å²) >= 11 is 6.05. The zero-order valence-corrected chi connectivity index (χ0v) is 12.7. The van der Waals surface area contributed by atoms with Crippen LogP contribution in [-0.2, 0) is 19.3 Å². The fourth-order valence-electron chi connectivity index (χ4n) is 2.47. The molecule has 0 atom stereocenters.